The summed E-state index contributed by atoms with van der Waals surface area (Å²) in [5.74, 6) is 0.282. The second-order valence-electron chi connectivity index (χ2n) is 12.3. The van der Waals surface area contributed by atoms with Gasteiger partial charge in [0, 0.05) is 43.2 Å². The second-order valence-corrected chi connectivity index (χ2v) is 12.3. The number of oxazole rings is 1. The largest absolute Gasteiger partial charge is 0.446 e. The van der Waals surface area contributed by atoms with E-state index in [1.165, 1.54) is 11.1 Å². The first-order valence-electron chi connectivity index (χ1n) is 15.4. The summed E-state index contributed by atoms with van der Waals surface area (Å²) in [7, 11) is 0. The summed E-state index contributed by atoms with van der Waals surface area (Å²) in [6, 6.07) is 19.2. The smallest absolute Gasteiger partial charge is 0.254 e. The molecule has 2 amide bonds. The molecule has 0 aliphatic carbocycles. The number of aryl methyl sites for hydroxylation is 2. The van der Waals surface area contributed by atoms with Crippen LogP contribution in [0.15, 0.2) is 83.7 Å². The lowest BCUT2D eigenvalue weighted by atomic mass is 9.88. The Morgan fingerprint density at radius 1 is 0.977 bits per heavy atom. The molecule has 2 aromatic carbocycles. The normalized spacial score (nSPS) is 14.6. The molecule has 1 aliphatic rings. The van der Waals surface area contributed by atoms with Gasteiger partial charge in [-0.05, 0) is 74.4 Å². The third kappa shape index (κ3) is 9.35. The van der Waals surface area contributed by atoms with Crippen LogP contribution >= 0.6 is 0 Å². The Bertz CT molecular complexity index is 1510. The van der Waals surface area contributed by atoms with Gasteiger partial charge in [-0.25, -0.2) is 4.98 Å². The predicted molar refractivity (Wildman–Crippen MR) is 173 cm³/mol. The van der Waals surface area contributed by atoms with Crippen LogP contribution in [-0.4, -0.2) is 46.3 Å². The minimum absolute atomic E-state index is 0.0706. The Morgan fingerprint density at radius 2 is 1.75 bits per heavy atom. The summed E-state index contributed by atoms with van der Waals surface area (Å²) < 4.78 is 5.56. The molecule has 1 fully saturated rings. The maximum atomic E-state index is 13.2. The van der Waals surface area contributed by atoms with Crippen molar-refractivity contribution in [1.82, 2.24) is 25.5 Å². The Labute approximate surface area is 261 Å². The number of nitrogens with zero attached hydrogens (tertiary/aromatic N) is 3. The molecule has 44 heavy (non-hydrogen) atoms. The van der Waals surface area contributed by atoms with Crippen LogP contribution < -0.4 is 10.6 Å². The number of pyridine rings is 1. The molecular formula is C36H45N5O3. The number of hydrogen-bond acceptors (Lipinski definition) is 6. The average molecular weight is 596 g/mol. The van der Waals surface area contributed by atoms with Crippen LogP contribution in [0.25, 0.3) is 0 Å². The number of benzene rings is 2. The maximum absolute atomic E-state index is 13.2. The molecular weight excluding hydrogens is 550 g/mol. The molecule has 4 aromatic rings. The molecule has 2 N–H and O–H groups in total. The summed E-state index contributed by atoms with van der Waals surface area (Å²) in [5, 5.41) is 6.37. The molecule has 1 aliphatic heterocycles. The first-order chi connectivity index (χ1) is 21.1. The number of hydrogen-bond donors (Lipinski definition) is 2. The fraction of sp³-hybridized carbons (Fsp3) is 0.389. The lowest BCUT2D eigenvalue weighted by Gasteiger charge is -2.22. The van der Waals surface area contributed by atoms with E-state index in [0.717, 1.165) is 43.6 Å². The lowest BCUT2D eigenvalue weighted by Crippen LogP contribution is -2.31. The quantitative estimate of drug-likeness (QED) is 0.213. The van der Waals surface area contributed by atoms with Crippen molar-refractivity contribution in [3.63, 3.8) is 0 Å². The SMILES string of the molecule is Cc1ccccc1.Cc1coc(C2CCCN2C(=O)c2cccc(C(=O)NCCCNCc3cncc(C(C)(C)C)c3)c2)n1. The Morgan fingerprint density at radius 3 is 2.43 bits per heavy atom. The zero-order chi connectivity index (χ0) is 31.5. The summed E-state index contributed by atoms with van der Waals surface area (Å²) in [6.45, 7) is 13.2. The van der Waals surface area contributed by atoms with Crippen LogP contribution in [0.1, 0.15) is 95.1 Å². The van der Waals surface area contributed by atoms with E-state index in [1.54, 1.807) is 35.4 Å². The highest BCUT2D eigenvalue weighted by molar-refractivity contribution is 5.99. The van der Waals surface area contributed by atoms with Crippen molar-refractivity contribution in [3.8, 4) is 0 Å². The topological polar surface area (TPSA) is 100 Å². The summed E-state index contributed by atoms with van der Waals surface area (Å²) >= 11 is 0. The van der Waals surface area contributed by atoms with Crippen molar-refractivity contribution in [2.24, 2.45) is 0 Å². The van der Waals surface area contributed by atoms with Crippen molar-refractivity contribution in [2.75, 3.05) is 19.6 Å². The first kappa shape index (κ1) is 32.6. The van der Waals surface area contributed by atoms with Crippen LogP contribution in [0, 0.1) is 13.8 Å². The monoisotopic (exact) mass is 595 g/mol. The molecule has 5 rings (SSSR count). The number of likely N-dealkylation sites (tertiary alicyclic amines) is 1. The van der Waals surface area contributed by atoms with E-state index in [-0.39, 0.29) is 23.3 Å². The van der Waals surface area contributed by atoms with Gasteiger partial charge in [0.1, 0.15) is 12.3 Å². The van der Waals surface area contributed by atoms with E-state index in [1.807, 2.05) is 37.5 Å². The van der Waals surface area contributed by atoms with Gasteiger partial charge < -0.3 is 20.0 Å². The summed E-state index contributed by atoms with van der Waals surface area (Å²) in [4.78, 5) is 36.5. The van der Waals surface area contributed by atoms with Gasteiger partial charge in [-0.2, -0.15) is 0 Å². The average Bonchev–Trinajstić information content (AvgIpc) is 3.68. The highest BCUT2D eigenvalue weighted by Gasteiger charge is 2.33. The third-order valence-corrected chi connectivity index (χ3v) is 7.55. The highest BCUT2D eigenvalue weighted by atomic mass is 16.3. The van der Waals surface area contributed by atoms with Gasteiger partial charge in [0.05, 0.1) is 5.69 Å². The van der Waals surface area contributed by atoms with Crippen molar-refractivity contribution in [1.29, 1.82) is 0 Å². The molecule has 1 saturated heterocycles. The Kier molecular flexibility index (Phi) is 11.4. The fourth-order valence-electron chi connectivity index (χ4n) is 5.03. The lowest BCUT2D eigenvalue weighted by molar-refractivity contribution is 0.0715. The van der Waals surface area contributed by atoms with Gasteiger partial charge in [0.15, 0.2) is 0 Å². The van der Waals surface area contributed by atoms with Crippen LogP contribution in [0.4, 0.5) is 0 Å². The molecule has 1 atom stereocenters. The fourth-order valence-corrected chi connectivity index (χ4v) is 5.03. The standard InChI is InChI=1S/C29H37N5O3.C7H8/c1-20-19-37-27(33-20)25-10-6-13-34(25)28(36)23-9-5-8-22(15-23)26(35)32-12-7-11-30-16-21-14-24(18-31-17-21)29(2,3)4;1-7-5-3-2-4-6-7/h5,8-9,14-15,17-19,25,30H,6-7,10-13,16H2,1-4H3,(H,32,35);2-6H,1H3. The van der Waals surface area contributed by atoms with Gasteiger partial charge in [0.25, 0.3) is 11.8 Å². The van der Waals surface area contributed by atoms with Gasteiger partial charge in [-0.3, -0.25) is 14.6 Å². The van der Waals surface area contributed by atoms with Crippen LogP contribution in [0.5, 0.6) is 0 Å². The molecule has 8 nitrogen and oxygen atoms in total. The van der Waals surface area contributed by atoms with E-state index < -0.39 is 0 Å². The summed E-state index contributed by atoms with van der Waals surface area (Å²) in [5.41, 5.74) is 5.53. The highest BCUT2D eigenvalue weighted by Crippen LogP contribution is 2.32. The van der Waals surface area contributed by atoms with Crippen LogP contribution in [0.3, 0.4) is 0 Å². The van der Waals surface area contributed by atoms with E-state index in [0.29, 0.717) is 30.1 Å². The number of aromatic nitrogens is 2. The number of carbonyl (C=O) groups is 2. The van der Waals surface area contributed by atoms with Gasteiger partial charge in [0.2, 0.25) is 5.89 Å². The number of carbonyl (C=O) groups excluding carboxylic acids is 2. The van der Waals surface area contributed by atoms with E-state index in [9.17, 15) is 9.59 Å². The number of amides is 2. The molecule has 232 valence electrons. The molecule has 8 heteroatoms. The van der Waals surface area contributed by atoms with Gasteiger partial charge in [-0.1, -0.05) is 68.8 Å². The molecule has 2 aromatic heterocycles. The Hall–Kier alpha value is -4.30. The van der Waals surface area contributed by atoms with Crippen molar-refractivity contribution >= 4 is 11.8 Å². The molecule has 0 saturated carbocycles. The third-order valence-electron chi connectivity index (χ3n) is 7.55. The molecule has 0 spiro atoms. The van der Waals surface area contributed by atoms with Crippen molar-refractivity contribution in [2.45, 2.75) is 71.9 Å². The Balaban J connectivity index is 0.000000555. The number of nitrogens with one attached hydrogen (secondary N) is 2. The van der Waals surface area contributed by atoms with Crippen molar-refractivity contribution < 1.29 is 14.0 Å². The maximum Gasteiger partial charge on any atom is 0.254 e. The molecule has 0 bridgehead atoms. The molecule has 0 radical (unpaired) electrons. The molecule has 1 unspecified atom stereocenters. The predicted octanol–water partition coefficient (Wildman–Crippen LogP) is 6.56. The van der Waals surface area contributed by atoms with Crippen LogP contribution in [0.2, 0.25) is 0 Å². The zero-order valence-corrected chi connectivity index (χ0v) is 26.6. The van der Waals surface area contributed by atoms with E-state index in [2.05, 4.69) is 66.5 Å². The van der Waals surface area contributed by atoms with E-state index >= 15 is 0 Å². The van der Waals surface area contributed by atoms with Gasteiger partial charge in [-0.15, -0.1) is 0 Å². The minimum Gasteiger partial charge on any atom is -0.446 e. The zero-order valence-electron chi connectivity index (χ0n) is 26.6. The summed E-state index contributed by atoms with van der Waals surface area (Å²) in [6.07, 6.45) is 7.92. The minimum atomic E-state index is -0.182. The first-order valence-corrected chi connectivity index (χ1v) is 15.4. The molecule has 3 heterocycles. The number of rotatable bonds is 9. The second kappa shape index (κ2) is 15.4. The van der Waals surface area contributed by atoms with Crippen molar-refractivity contribution in [3.05, 3.63) is 119 Å². The van der Waals surface area contributed by atoms with E-state index in [4.69, 9.17) is 4.42 Å². The van der Waals surface area contributed by atoms with Crippen LogP contribution in [-0.2, 0) is 12.0 Å². The van der Waals surface area contributed by atoms with Gasteiger partial charge >= 0.3 is 0 Å².